The third kappa shape index (κ3) is 6.85. The molecule has 0 unspecified atom stereocenters. The van der Waals surface area contributed by atoms with Crippen LogP contribution in [0.3, 0.4) is 0 Å². The van der Waals surface area contributed by atoms with Gasteiger partial charge in [0.05, 0.1) is 12.3 Å². The van der Waals surface area contributed by atoms with Crippen molar-refractivity contribution in [1.29, 1.82) is 0 Å². The van der Waals surface area contributed by atoms with Crippen molar-refractivity contribution in [1.82, 2.24) is 15.5 Å². The van der Waals surface area contributed by atoms with Gasteiger partial charge in [-0.2, -0.15) is 8.78 Å². The predicted octanol–water partition coefficient (Wildman–Crippen LogP) is 2.51. The number of carboxylic acids is 1. The van der Waals surface area contributed by atoms with E-state index in [2.05, 4.69) is 15.4 Å². The number of urea groups is 1. The Bertz CT molecular complexity index is 992. The summed E-state index contributed by atoms with van der Waals surface area (Å²) in [5.41, 5.74) is 0. The number of halogens is 4. The fraction of sp³-hybridized carbons (Fsp3) is 0.565. The molecule has 1 aliphatic heterocycles. The van der Waals surface area contributed by atoms with Gasteiger partial charge in [0.25, 0.3) is 0 Å². The number of hydrogen-bond acceptors (Lipinski definition) is 5. The number of nitrogens with one attached hydrogen (secondary N) is 2. The summed E-state index contributed by atoms with van der Waals surface area (Å²) < 4.78 is 58.8. The zero-order valence-electron chi connectivity index (χ0n) is 19.3. The zero-order valence-corrected chi connectivity index (χ0v) is 19.3. The number of carboxylic acid groups (broad SMARTS) is 1. The lowest BCUT2D eigenvalue weighted by atomic mass is 9.96. The second kappa shape index (κ2) is 12.0. The molecular weight excluding hydrogens is 490 g/mol. The van der Waals surface area contributed by atoms with Gasteiger partial charge in [0.1, 0.15) is 12.6 Å². The number of ether oxygens (including phenoxy) is 1. The second-order valence-corrected chi connectivity index (χ2v) is 8.93. The molecule has 1 saturated carbocycles. The Kier molecular flexibility index (Phi) is 9.10. The molecule has 0 aromatic heterocycles. The zero-order chi connectivity index (χ0) is 26.4. The Balaban J connectivity index is 1.61. The highest BCUT2D eigenvalue weighted by molar-refractivity contribution is 5.93. The van der Waals surface area contributed by atoms with Gasteiger partial charge in [-0.05, 0) is 25.7 Å². The van der Waals surface area contributed by atoms with Crippen LogP contribution in [0.15, 0.2) is 6.07 Å². The number of rotatable bonds is 9. The number of amides is 3. The molecule has 2 fully saturated rings. The van der Waals surface area contributed by atoms with Crippen LogP contribution in [0.2, 0.25) is 0 Å². The minimum atomic E-state index is -1.86. The van der Waals surface area contributed by atoms with E-state index in [1.807, 2.05) is 0 Å². The molecule has 9 nitrogen and oxygen atoms in total. The highest BCUT2D eigenvalue weighted by atomic mass is 19.2. The Morgan fingerprint density at radius 2 is 1.67 bits per heavy atom. The normalized spacial score (nSPS) is 19.0. The van der Waals surface area contributed by atoms with Crippen LogP contribution in [0.1, 0.15) is 44.9 Å². The number of piperidine rings is 1. The number of benzene rings is 1. The van der Waals surface area contributed by atoms with E-state index < -0.39 is 71.7 Å². The number of ketones is 1. The third-order valence-electron chi connectivity index (χ3n) is 6.28. The fourth-order valence-electron chi connectivity index (χ4n) is 4.34. The van der Waals surface area contributed by atoms with Crippen molar-refractivity contribution in [2.45, 2.75) is 57.0 Å². The highest BCUT2D eigenvalue weighted by Gasteiger charge is 2.33. The lowest BCUT2D eigenvalue weighted by Gasteiger charge is -2.33. The van der Waals surface area contributed by atoms with Crippen molar-refractivity contribution in [3.05, 3.63) is 29.3 Å². The summed E-state index contributed by atoms with van der Waals surface area (Å²) in [4.78, 5) is 50.6. The van der Waals surface area contributed by atoms with Crippen molar-refractivity contribution < 1.29 is 46.6 Å². The van der Waals surface area contributed by atoms with E-state index in [9.17, 15) is 36.7 Å². The fourth-order valence-corrected chi connectivity index (χ4v) is 4.34. The molecule has 3 amide bonds. The molecule has 1 saturated heterocycles. The van der Waals surface area contributed by atoms with Crippen LogP contribution in [0.25, 0.3) is 0 Å². The van der Waals surface area contributed by atoms with Crippen LogP contribution in [0.4, 0.5) is 22.4 Å². The van der Waals surface area contributed by atoms with E-state index >= 15 is 0 Å². The van der Waals surface area contributed by atoms with Gasteiger partial charge in [-0.15, -0.1) is 0 Å². The maximum absolute atomic E-state index is 13.8. The topological polar surface area (TPSA) is 125 Å². The number of likely N-dealkylation sites (tertiary alicyclic amines) is 1. The summed E-state index contributed by atoms with van der Waals surface area (Å²) in [6.07, 6.45) is 3.89. The Morgan fingerprint density at radius 1 is 1.03 bits per heavy atom. The summed E-state index contributed by atoms with van der Waals surface area (Å²) in [6.45, 7) is -0.654. The van der Waals surface area contributed by atoms with E-state index in [0.29, 0.717) is 19.4 Å². The first kappa shape index (κ1) is 27.2. The highest BCUT2D eigenvalue weighted by Crippen LogP contribution is 2.26. The SMILES string of the molecule is O=C(O)C[C@H](NC(=O)[C@@H]1CCCN(C(=O)NC2CCCC2)C1)C(=O)COc1c(F)c(F)cc(F)c1F. The molecule has 2 aliphatic rings. The van der Waals surface area contributed by atoms with Gasteiger partial charge in [-0.3, -0.25) is 14.4 Å². The molecule has 0 spiro atoms. The molecule has 3 rings (SSSR count). The molecule has 198 valence electrons. The summed E-state index contributed by atoms with van der Waals surface area (Å²) in [5.74, 6) is -12.6. The van der Waals surface area contributed by atoms with Crippen molar-refractivity contribution in [2.75, 3.05) is 19.7 Å². The summed E-state index contributed by atoms with van der Waals surface area (Å²) >= 11 is 0. The molecule has 0 bridgehead atoms. The monoisotopic (exact) mass is 517 g/mol. The molecule has 1 aromatic rings. The van der Waals surface area contributed by atoms with E-state index in [1.54, 1.807) is 0 Å². The van der Waals surface area contributed by atoms with E-state index in [0.717, 1.165) is 25.7 Å². The number of nitrogens with zero attached hydrogens (tertiary/aromatic N) is 1. The number of Topliss-reactive ketones (excluding diaryl/α,β-unsaturated/α-hetero) is 1. The van der Waals surface area contributed by atoms with Crippen molar-refractivity contribution >= 4 is 23.7 Å². The minimum Gasteiger partial charge on any atom is -0.481 e. The number of aliphatic carboxylic acids is 1. The standard InChI is InChI=1S/C23H27F4N3O6/c24-14-8-15(25)20(27)21(19(14)26)36-11-17(31)16(9-18(32)33)29-22(34)12-4-3-7-30(10-12)23(35)28-13-5-1-2-6-13/h8,12-13,16H,1-7,9-11H2,(H,28,35)(H,29,34)(H,32,33)/t12-,16+/m1/s1. The lowest BCUT2D eigenvalue weighted by Crippen LogP contribution is -2.53. The van der Waals surface area contributed by atoms with E-state index in [4.69, 9.17) is 5.11 Å². The van der Waals surface area contributed by atoms with Gasteiger partial charge in [-0.1, -0.05) is 12.8 Å². The smallest absolute Gasteiger partial charge is 0.317 e. The molecule has 13 heteroatoms. The molecule has 3 N–H and O–H groups in total. The Labute approximate surface area is 204 Å². The van der Waals surface area contributed by atoms with Gasteiger partial charge in [0.2, 0.25) is 17.5 Å². The van der Waals surface area contributed by atoms with E-state index in [1.165, 1.54) is 4.90 Å². The van der Waals surface area contributed by atoms with Crippen LogP contribution >= 0.6 is 0 Å². The Morgan fingerprint density at radius 3 is 2.28 bits per heavy atom. The molecule has 36 heavy (non-hydrogen) atoms. The minimum absolute atomic E-state index is 0.0334. The van der Waals surface area contributed by atoms with Crippen LogP contribution < -0.4 is 15.4 Å². The van der Waals surface area contributed by atoms with Crippen molar-refractivity contribution in [3.63, 3.8) is 0 Å². The number of carbonyl (C=O) groups is 4. The van der Waals surface area contributed by atoms with Crippen LogP contribution in [-0.2, 0) is 14.4 Å². The maximum atomic E-state index is 13.8. The van der Waals surface area contributed by atoms with Gasteiger partial charge in [0.15, 0.2) is 23.2 Å². The summed E-state index contributed by atoms with van der Waals surface area (Å²) in [6, 6.07) is -1.88. The van der Waals surface area contributed by atoms with Gasteiger partial charge >= 0.3 is 12.0 Å². The van der Waals surface area contributed by atoms with E-state index in [-0.39, 0.29) is 24.7 Å². The third-order valence-corrected chi connectivity index (χ3v) is 6.28. The lowest BCUT2D eigenvalue weighted by molar-refractivity contribution is -0.141. The van der Waals surface area contributed by atoms with Crippen LogP contribution in [-0.4, -0.2) is 65.5 Å². The molecule has 1 aliphatic carbocycles. The first-order chi connectivity index (χ1) is 17.1. The van der Waals surface area contributed by atoms with Gasteiger partial charge in [0, 0.05) is 25.2 Å². The first-order valence-electron chi connectivity index (χ1n) is 11.6. The molecule has 0 radical (unpaired) electrons. The average Bonchev–Trinajstić information content (AvgIpc) is 3.35. The summed E-state index contributed by atoms with van der Waals surface area (Å²) in [7, 11) is 0. The largest absolute Gasteiger partial charge is 0.481 e. The average molecular weight is 517 g/mol. The first-order valence-corrected chi connectivity index (χ1v) is 11.6. The quantitative estimate of drug-likeness (QED) is 0.342. The Hall–Kier alpha value is -3.38. The number of hydrogen-bond donors (Lipinski definition) is 3. The van der Waals surface area contributed by atoms with Crippen LogP contribution in [0, 0.1) is 29.2 Å². The van der Waals surface area contributed by atoms with Crippen molar-refractivity contribution in [2.24, 2.45) is 5.92 Å². The predicted molar refractivity (Wildman–Crippen MR) is 116 cm³/mol. The maximum Gasteiger partial charge on any atom is 0.317 e. The second-order valence-electron chi connectivity index (χ2n) is 8.93. The van der Waals surface area contributed by atoms with Gasteiger partial charge in [-0.25, -0.2) is 13.6 Å². The van der Waals surface area contributed by atoms with Crippen LogP contribution in [0.5, 0.6) is 5.75 Å². The molecule has 2 atom stereocenters. The molecule has 1 heterocycles. The van der Waals surface area contributed by atoms with Crippen molar-refractivity contribution in [3.8, 4) is 5.75 Å². The molecular formula is C23H27F4N3O6. The van der Waals surface area contributed by atoms with Gasteiger partial charge < -0.3 is 25.4 Å². The summed E-state index contributed by atoms with van der Waals surface area (Å²) in [5, 5.41) is 14.4. The molecule has 1 aromatic carbocycles. The number of carbonyl (C=O) groups excluding carboxylic acids is 3.